The summed E-state index contributed by atoms with van der Waals surface area (Å²) in [6.07, 6.45) is 1.49. The highest BCUT2D eigenvalue weighted by molar-refractivity contribution is 9.10. The molecule has 2 aromatic rings. The van der Waals surface area contributed by atoms with Gasteiger partial charge in [-0.25, -0.2) is 0 Å². The van der Waals surface area contributed by atoms with E-state index in [1.165, 1.54) is 13.2 Å². The number of carbonyl (C=O) groups excluding carboxylic acids is 3. The number of hydrogen-bond acceptors (Lipinski definition) is 6. The van der Waals surface area contributed by atoms with Gasteiger partial charge < -0.3 is 9.15 Å². The first-order valence-corrected chi connectivity index (χ1v) is 8.77. The van der Waals surface area contributed by atoms with E-state index in [4.69, 9.17) is 4.42 Å². The number of rotatable bonds is 4. The molecular formula is C17H12BrNO5S. The van der Waals surface area contributed by atoms with Gasteiger partial charge in [0.15, 0.2) is 0 Å². The lowest BCUT2D eigenvalue weighted by Crippen LogP contribution is -2.34. The maximum absolute atomic E-state index is 12.2. The SMILES string of the molecule is COC(=O)CN1C(=O)S/C(=C/c2ccc(-c3ccc(Br)cc3)o2)C1=O. The van der Waals surface area contributed by atoms with Crippen molar-refractivity contribution in [2.75, 3.05) is 13.7 Å². The summed E-state index contributed by atoms with van der Waals surface area (Å²) in [5, 5.41) is -0.513. The van der Waals surface area contributed by atoms with Crippen molar-refractivity contribution in [2.24, 2.45) is 0 Å². The Balaban J connectivity index is 1.79. The fraction of sp³-hybridized carbons (Fsp3) is 0.118. The summed E-state index contributed by atoms with van der Waals surface area (Å²) in [7, 11) is 1.20. The summed E-state index contributed by atoms with van der Waals surface area (Å²) < 4.78 is 11.2. The fourth-order valence-corrected chi connectivity index (χ4v) is 3.24. The molecule has 2 amide bonds. The van der Waals surface area contributed by atoms with Gasteiger partial charge in [-0.2, -0.15) is 0 Å². The van der Waals surface area contributed by atoms with E-state index in [9.17, 15) is 14.4 Å². The maximum Gasteiger partial charge on any atom is 0.325 e. The van der Waals surface area contributed by atoms with E-state index in [-0.39, 0.29) is 4.91 Å². The molecule has 1 saturated heterocycles. The molecule has 0 aliphatic carbocycles. The summed E-state index contributed by atoms with van der Waals surface area (Å²) in [5.41, 5.74) is 0.890. The van der Waals surface area contributed by atoms with Gasteiger partial charge in [-0.1, -0.05) is 28.1 Å². The molecule has 128 valence electrons. The highest BCUT2D eigenvalue weighted by atomic mass is 79.9. The van der Waals surface area contributed by atoms with Crippen LogP contribution in [0.25, 0.3) is 17.4 Å². The number of furan rings is 1. The zero-order valence-corrected chi connectivity index (χ0v) is 15.4. The lowest BCUT2D eigenvalue weighted by Gasteiger charge is -2.09. The molecular weight excluding hydrogens is 410 g/mol. The van der Waals surface area contributed by atoms with Crippen LogP contribution >= 0.6 is 27.7 Å². The molecule has 8 heteroatoms. The first-order valence-electron chi connectivity index (χ1n) is 7.16. The predicted molar refractivity (Wildman–Crippen MR) is 96.5 cm³/mol. The minimum Gasteiger partial charge on any atom is -0.468 e. The summed E-state index contributed by atoms with van der Waals surface area (Å²) in [4.78, 5) is 36.5. The third kappa shape index (κ3) is 3.85. The first-order chi connectivity index (χ1) is 12.0. The van der Waals surface area contributed by atoms with Crippen molar-refractivity contribution >= 4 is 50.9 Å². The number of halogens is 1. The monoisotopic (exact) mass is 421 g/mol. The number of esters is 1. The first kappa shape index (κ1) is 17.5. The van der Waals surface area contributed by atoms with Crippen LogP contribution in [0.3, 0.4) is 0 Å². The Kier molecular flexibility index (Phi) is 5.10. The van der Waals surface area contributed by atoms with Crippen molar-refractivity contribution < 1.29 is 23.5 Å². The molecule has 0 radical (unpaired) electrons. The average Bonchev–Trinajstić information content (AvgIpc) is 3.16. The number of thioether (sulfide) groups is 1. The number of ether oxygens (including phenoxy) is 1. The summed E-state index contributed by atoms with van der Waals surface area (Å²) >= 11 is 4.13. The van der Waals surface area contributed by atoms with Crippen LogP contribution < -0.4 is 0 Å². The molecule has 1 aliphatic heterocycles. The van der Waals surface area contributed by atoms with E-state index >= 15 is 0 Å². The molecule has 0 bridgehead atoms. The Hall–Kier alpha value is -2.32. The Morgan fingerprint density at radius 1 is 1.24 bits per heavy atom. The summed E-state index contributed by atoms with van der Waals surface area (Å²) in [6, 6.07) is 11.1. The number of amides is 2. The molecule has 6 nitrogen and oxygen atoms in total. The Labute approximate surface area is 155 Å². The van der Waals surface area contributed by atoms with Crippen LogP contribution in [0.2, 0.25) is 0 Å². The number of carbonyl (C=O) groups is 3. The zero-order chi connectivity index (χ0) is 18.0. The normalized spacial score (nSPS) is 15.9. The lowest BCUT2D eigenvalue weighted by molar-refractivity contribution is -0.143. The molecule has 1 aromatic heterocycles. The molecule has 0 unspecified atom stereocenters. The van der Waals surface area contributed by atoms with Crippen LogP contribution in [0.5, 0.6) is 0 Å². The van der Waals surface area contributed by atoms with E-state index < -0.39 is 23.7 Å². The van der Waals surface area contributed by atoms with Crippen LogP contribution in [0.15, 0.2) is 50.2 Å². The molecule has 3 rings (SSSR count). The standard InChI is InChI=1S/C17H12BrNO5S/c1-23-15(20)9-19-16(21)14(25-17(19)22)8-12-6-7-13(24-12)10-2-4-11(18)5-3-10/h2-8H,9H2,1H3/b14-8+. The number of methoxy groups -OCH3 is 1. The molecule has 0 spiro atoms. The van der Waals surface area contributed by atoms with E-state index in [1.807, 2.05) is 24.3 Å². The molecule has 0 saturated carbocycles. The lowest BCUT2D eigenvalue weighted by atomic mass is 10.2. The van der Waals surface area contributed by atoms with Gasteiger partial charge in [0.1, 0.15) is 18.1 Å². The number of hydrogen-bond donors (Lipinski definition) is 0. The van der Waals surface area contributed by atoms with Gasteiger partial charge in [-0.05, 0) is 36.0 Å². The molecule has 1 aromatic carbocycles. The van der Waals surface area contributed by atoms with E-state index in [1.54, 1.807) is 12.1 Å². The second-order valence-corrected chi connectivity index (χ2v) is 6.96. The molecule has 25 heavy (non-hydrogen) atoms. The molecule has 0 atom stereocenters. The molecule has 1 aliphatic rings. The van der Waals surface area contributed by atoms with Gasteiger partial charge in [0, 0.05) is 16.1 Å². The second kappa shape index (κ2) is 7.28. The van der Waals surface area contributed by atoms with Crippen molar-refractivity contribution in [2.45, 2.75) is 0 Å². The van der Waals surface area contributed by atoms with E-state index in [0.29, 0.717) is 11.5 Å². The third-order valence-corrected chi connectivity index (χ3v) is 4.85. The van der Waals surface area contributed by atoms with Gasteiger partial charge in [0.2, 0.25) is 0 Å². The maximum atomic E-state index is 12.2. The number of benzene rings is 1. The Morgan fingerprint density at radius 3 is 2.64 bits per heavy atom. The zero-order valence-electron chi connectivity index (χ0n) is 13.0. The van der Waals surface area contributed by atoms with Crippen molar-refractivity contribution in [3.8, 4) is 11.3 Å². The summed E-state index contributed by atoms with van der Waals surface area (Å²) in [5.74, 6) is -0.102. The van der Waals surface area contributed by atoms with E-state index in [0.717, 1.165) is 26.7 Å². The average molecular weight is 422 g/mol. The fourth-order valence-electron chi connectivity index (χ4n) is 2.16. The number of nitrogens with zero attached hydrogens (tertiary/aromatic N) is 1. The van der Waals surface area contributed by atoms with Crippen LogP contribution in [0.1, 0.15) is 5.76 Å². The Morgan fingerprint density at radius 2 is 1.96 bits per heavy atom. The van der Waals surface area contributed by atoms with Crippen LogP contribution in [-0.2, 0) is 14.3 Å². The largest absolute Gasteiger partial charge is 0.468 e. The molecule has 2 heterocycles. The number of imide groups is 1. The Bertz CT molecular complexity index is 871. The van der Waals surface area contributed by atoms with Gasteiger partial charge >= 0.3 is 5.97 Å². The molecule has 0 N–H and O–H groups in total. The van der Waals surface area contributed by atoms with Crippen molar-refractivity contribution in [1.82, 2.24) is 4.90 Å². The predicted octanol–water partition coefficient (Wildman–Crippen LogP) is 3.92. The van der Waals surface area contributed by atoms with Crippen molar-refractivity contribution in [3.05, 3.63) is 51.5 Å². The van der Waals surface area contributed by atoms with Crippen LogP contribution in [-0.4, -0.2) is 35.7 Å². The van der Waals surface area contributed by atoms with Gasteiger partial charge in [0.25, 0.3) is 11.1 Å². The minimum absolute atomic E-state index is 0.200. The van der Waals surface area contributed by atoms with Gasteiger partial charge in [0.05, 0.1) is 12.0 Å². The van der Waals surface area contributed by atoms with Crippen molar-refractivity contribution in [1.29, 1.82) is 0 Å². The minimum atomic E-state index is -0.654. The van der Waals surface area contributed by atoms with Crippen LogP contribution in [0.4, 0.5) is 4.79 Å². The highest BCUT2D eigenvalue weighted by Gasteiger charge is 2.36. The third-order valence-electron chi connectivity index (χ3n) is 3.42. The quantitative estimate of drug-likeness (QED) is 0.549. The van der Waals surface area contributed by atoms with E-state index in [2.05, 4.69) is 20.7 Å². The van der Waals surface area contributed by atoms with Gasteiger partial charge in [-0.15, -0.1) is 0 Å². The topological polar surface area (TPSA) is 76.8 Å². The van der Waals surface area contributed by atoms with Gasteiger partial charge in [-0.3, -0.25) is 19.3 Å². The van der Waals surface area contributed by atoms with Crippen molar-refractivity contribution in [3.63, 3.8) is 0 Å². The summed E-state index contributed by atoms with van der Waals surface area (Å²) in [6.45, 7) is -0.402. The van der Waals surface area contributed by atoms with Crippen LogP contribution in [0, 0.1) is 0 Å². The molecule has 1 fully saturated rings. The smallest absolute Gasteiger partial charge is 0.325 e. The highest BCUT2D eigenvalue weighted by Crippen LogP contribution is 2.33. The second-order valence-electron chi connectivity index (χ2n) is 5.05.